The van der Waals surface area contributed by atoms with Crippen molar-refractivity contribution in [3.05, 3.63) is 0 Å². The summed E-state index contributed by atoms with van der Waals surface area (Å²) in [7, 11) is 0. The van der Waals surface area contributed by atoms with Gasteiger partial charge in [0.2, 0.25) is 11.8 Å². The van der Waals surface area contributed by atoms with E-state index in [2.05, 4.69) is 5.32 Å². The molecule has 2 amide bonds. The first-order valence-electron chi connectivity index (χ1n) is 7.27. The summed E-state index contributed by atoms with van der Waals surface area (Å²) in [4.78, 5) is 27.0. The molecule has 0 aromatic heterocycles. The molecule has 1 N–H and O–H groups in total. The van der Waals surface area contributed by atoms with Gasteiger partial charge in [-0.2, -0.15) is 11.8 Å². The first-order chi connectivity index (χ1) is 9.15. The number of nitrogens with zero attached hydrogens (tertiary/aromatic N) is 1. The molecule has 108 valence electrons. The molecule has 5 heteroatoms. The molecule has 2 fully saturated rings. The molecule has 0 bridgehead atoms. The van der Waals surface area contributed by atoms with Crippen LogP contribution < -0.4 is 5.32 Å². The van der Waals surface area contributed by atoms with Crippen LogP contribution in [0.1, 0.15) is 45.4 Å². The third-order valence-corrected chi connectivity index (χ3v) is 5.01. The van der Waals surface area contributed by atoms with E-state index in [1.165, 1.54) is 6.42 Å². The monoisotopic (exact) mass is 284 g/mol. The third-order valence-electron chi connectivity index (χ3n) is 4.42. The van der Waals surface area contributed by atoms with E-state index in [0.29, 0.717) is 13.0 Å². The molecule has 1 unspecified atom stereocenters. The van der Waals surface area contributed by atoms with E-state index in [1.54, 1.807) is 11.8 Å². The average molecular weight is 284 g/mol. The molecule has 0 radical (unpaired) electrons. The predicted molar refractivity (Wildman–Crippen MR) is 78.1 cm³/mol. The molecule has 19 heavy (non-hydrogen) atoms. The molecule has 0 aromatic carbocycles. The van der Waals surface area contributed by atoms with Gasteiger partial charge in [0.25, 0.3) is 0 Å². The molecule has 4 nitrogen and oxygen atoms in total. The van der Waals surface area contributed by atoms with E-state index in [-0.39, 0.29) is 17.9 Å². The minimum absolute atomic E-state index is 0.0831. The lowest BCUT2D eigenvalue weighted by Gasteiger charge is -2.50. The van der Waals surface area contributed by atoms with Gasteiger partial charge in [-0.25, -0.2) is 0 Å². The number of piperazine rings is 1. The van der Waals surface area contributed by atoms with Crippen molar-refractivity contribution in [3.63, 3.8) is 0 Å². The van der Waals surface area contributed by atoms with Crippen LogP contribution in [0.4, 0.5) is 0 Å². The molecule has 1 saturated carbocycles. The van der Waals surface area contributed by atoms with Gasteiger partial charge >= 0.3 is 0 Å². The van der Waals surface area contributed by atoms with E-state index in [4.69, 9.17) is 0 Å². The normalized spacial score (nSPS) is 26.6. The summed E-state index contributed by atoms with van der Waals surface area (Å²) in [5.41, 5.74) is -0.545. The number of hydrogen-bond donors (Lipinski definition) is 1. The lowest BCUT2D eigenvalue weighted by molar-refractivity contribution is -0.159. The predicted octanol–water partition coefficient (Wildman–Crippen LogP) is 1.79. The molecule has 1 saturated heterocycles. The van der Waals surface area contributed by atoms with Gasteiger partial charge < -0.3 is 10.2 Å². The summed E-state index contributed by atoms with van der Waals surface area (Å²) in [6, 6.07) is -0.318. The molecule has 2 rings (SSSR count). The highest BCUT2D eigenvalue weighted by Gasteiger charge is 2.51. The van der Waals surface area contributed by atoms with E-state index in [0.717, 1.165) is 31.4 Å². The Hall–Kier alpha value is -0.710. The van der Waals surface area contributed by atoms with Gasteiger partial charge in [0, 0.05) is 12.3 Å². The second kappa shape index (κ2) is 6.16. The first-order valence-corrected chi connectivity index (χ1v) is 8.66. The summed E-state index contributed by atoms with van der Waals surface area (Å²) in [6.07, 6.45) is 7.65. The Morgan fingerprint density at radius 1 is 1.32 bits per heavy atom. The zero-order valence-corrected chi connectivity index (χ0v) is 12.7. The quantitative estimate of drug-likeness (QED) is 0.856. The van der Waals surface area contributed by atoms with Crippen molar-refractivity contribution in [2.75, 3.05) is 18.6 Å². The van der Waals surface area contributed by atoms with Crippen molar-refractivity contribution in [1.29, 1.82) is 0 Å². The summed E-state index contributed by atoms with van der Waals surface area (Å²) in [6.45, 7) is 2.65. The first kappa shape index (κ1) is 14.7. The molecule has 1 spiro atoms. The maximum Gasteiger partial charge on any atom is 0.246 e. The molecule has 1 aliphatic heterocycles. The van der Waals surface area contributed by atoms with Crippen molar-refractivity contribution >= 4 is 23.6 Å². The van der Waals surface area contributed by atoms with E-state index >= 15 is 0 Å². The Labute approximate surface area is 119 Å². The van der Waals surface area contributed by atoms with E-state index in [9.17, 15) is 9.59 Å². The van der Waals surface area contributed by atoms with Gasteiger partial charge in [-0.3, -0.25) is 9.59 Å². The number of carbonyl (C=O) groups excluding carboxylic acids is 2. The zero-order chi connectivity index (χ0) is 13.9. The summed E-state index contributed by atoms with van der Waals surface area (Å²) < 4.78 is 0. The molecule has 1 heterocycles. The van der Waals surface area contributed by atoms with Gasteiger partial charge in [-0.15, -0.1) is 0 Å². The number of rotatable bonds is 4. The van der Waals surface area contributed by atoms with Crippen molar-refractivity contribution in [2.45, 2.75) is 57.0 Å². The Kier molecular flexibility index (Phi) is 4.76. The largest absolute Gasteiger partial charge is 0.342 e. The minimum atomic E-state index is -0.545. The Bertz CT molecular complexity index is 353. The van der Waals surface area contributed by atoms with Crippen LogP contribution in [0.15, 0.2) is 0 Å². The molecule has 1 aliphatic carbocycles. The van der Waals surface area contributed by atoms with Crippen molar-refractivity contribution < 1.29 is 9.59 Å². The fourth-order valence-corrected chi connectivity index (χ4v) is 3.66. The van der Waals surface area contributed by atoms with Gasteiger partial charge in [0.15, 0.2) is 0 Å². The van der Waals surface area contributed by atoms with Crippen molar-refractivity contribution in [3.8, 4) is 0 Å². The van der Waals surface area contributed by atoms with Crippen LogP contribution >= 0.6 is 11.8 Å². The summed E-state index contributed by atoms with van der Waals surface area (Å²) in [5, 5.41) is 2.95. The third kappa shape index (κ3) is 2.62. The van der Waals surface area contributed by atoms with Gasteiger partial charge in [-0.1, -0.05) is 26.2 Å². The number of nitrogens with one attached hydrogen (secondary N) is 1. The average Bonchev–Trinajstić information content (AvgIpc) is 2.44. The van der Waals surface area contributed by atoms with Crippen molar-refractivity contribution in [1.82, 2.24) is 10.2 Å². The highest BCUT2D eigenvalue weighted by molar-refractivity contribution is 7.98. The number of amides is 2. The van der Waals surface area contributed by atoms with Crippen LogP contribution in [0.3, 0.4) is 0 Å². The molecular weight excluding hydrogens is 260 g/mol. The Balaban J connectivity index is 2.26. The standard InChI is InChI=1S/C14H24N2O2S/c1-3-11-12(17)16(9-10-19-2)14(13(18)15-11)7-5-4-6-8-14/h11H,3-10H2,1-2H3,(H,15,18). The summed E-state index contributed by atoms with van der Waals surface area (Å²) in [5.74, 6) is 1.11. The maximum atomic E-state index is 12.6. The topological polar surface area (TPSA) is 49.4 Å². The number of hydrogen-bond acceptors (Lipinski definition) is 3. The Morgan fingerprint density at radius 2 is 2.00 bits per heavy atom. The highest BCUT2D eigenvalue weighted by atomic mass is 32.2. The van der Waals surface area contributed by atoms with Crippen LogP contribution in [0, 0.1) is 0 Å². The van der Waals surface area contributed by atoms with E-state index < -0.39 is 5.54 Å². The lowest BCUT2D eigenvalue weighted by atomic mass is 9.77. The summed E-state index contributed by atoms with van der Waals surface area (Å²) >= 11 is 1.73. The smallest absolute Gasteiger partial charge is 0.246 e. The fraction of sp³-hybridized carbons (Fsp3) is 0.857. The fourth-order valence-electron chi connectivity index (χ4n) is 3.29. The van der Waals surface area contributed by atoms with Crippen molar-refractivity contribution in [2.24, 2.45) is 0 Å². The van der Waals surface area contributed by atoms with Crippen LogP contribution in [-0.2, 0) is 9.59 Å². The second-order valence-electron chi connectivity index (χ2n) is 5.51. The number of thioether (sulfide) groups is 1. The van der Waals surface area contributed by atoms with Crippen LogP contribution in [0.5, 0.6) is 0 Å². The number of carbonyl (C=O) groups is 2. The zero-order valence-electron chi connectivity index (χ0n) is 11.9. The maximum absolute atomic E-state index is 12.6. The highest BCUT2D eigenvalue weighted by Crippen LogP contribution is 2.37. The second-order valence-corrected chi connectivity index (χ2v) is 6.49. The Morgan fingerprint density at radius 3 is 2.58 bits per heavy atom. The SMILES string of the molecule is CCC1NC(=O)C2(CCCCC2)N(CCSC)C1=O. The molecule has 1 atom stereocenters. The molecule has 2 aliphatic rings. The molecular formula is C14H24N2O2S. The minimum Gasteiger partial charge on any atom is -0.342 e. The van der Waals surface area contributed by atoms with Crippen LogP contribution in [0.25, 0.3) is 0 Å². The lowest BCUT2D eigenvalue weighted by Crippen LogP contribution is -2.71. The van der Waals surface area contributed by atoms with Crippen LogP contribution in [-0.4, -0.2) is 46.8 Å². The van der Waals surface area contributed by atoms with E-state index in [1.807, 2.05) is 18.1 Å². The van der Waals surface area contributed by atoms with Gasteiger partial charge in [-0.05, 0) is 25.5 Å². The van der Waals surface area contributed by atoms with Gasteiger partial charge in [0.1, 0.15) is 11.6 Å². The van der Waals surface area contributed by atoms with Gasteiger partial charge in [0.05, 0.1) is 0 Å². The molecule has 0 aromatic rings. The van der Waals surface area contributed by atoms with Crippen LogP contribution in [0.2, 0.25) is 0 Å².